The summed E-state index contributed by atoms with van der Waals surface area (Å²) in [6.45, 7) is 5.59. The molecule has 4 rings (SSSR count). The van der Waals surface area contributed by atoms with E-state index < -0.39 is 5.97 Å². The lowest BCUT2D eigenvalue weighted by molar-refractivity contribution is 0.0735. The van der Waals surface area contributed by atoms with Gasteiger partial charge in [-0.25, -0.2) is 9.78 Å². The number of Topliss-reactive ketones (excluding diaryl/α,β-unsaturated/α-hetero) is 1. The number of para-hydroxylation sites is 1. The van der Waals surface area contributed by atoms with Gasteiger partial charge in [0.15, 0.2) is 5.78 Å². The van der Waals surface area contributed by atoms with Gasteiger partial charge < -0.3 is 4.74 Å². The summed E-state index contributed by atoms with van der Waals surface area (Å²) in [5.41, 5.74) is 5.66. The van der Waals surface area contributed by atoms with Crippen molar-refractivity contribution >= 4 is 22.7 Å². The van der Waals surface area contributed by atoms with Gasteiger partial charge in [-0.3, -0.25) is 4.79 Å². The Hall–Kier alpha value is -3.79. The van der Waals surface area contributed by atoms with Gasteiger partial charge in [-0.2, -0.15) is 0 Å². The zero-order chi connectivity index (χ0) is 21.3. The van der Waals surface area contributed by atoms with Crippen LogP contribution in [0.1, 0.15) is 38.8 Å². The number of hydrogen-bond acceptors (Lipinski definition) is 4. The number of aromatic nitrogens is 1. The summed E-state index contributed by atoms with van der Waals surface area (Å²) >= 11 is 0. The van der Waals surface area contributed by atoms with E-state index >= 15 is 0 Å². The molecule has 0 aliphatic heterocycles. The van der Waals surface area contributed by atoms with Crippen molar-refractivity contribution in [2.45, 2.75) is 20.8 Å². The minimum absolute atomic E-state index is 0.0840. The van der Waals surface area contributed by atoms with Crippen molar-refractivity contribution < 1.29 is 14.3 Å². The maximum absolute atomic E-state index is 13.1. The molecule has 0 aliphatic carbocycles. The molecular weight excluding hydrogens is 374 g/mol. The first-order valence-electron chi connectivity index (χ1n) is 9.73. The number of aryl methyl sites for hydroxylation is 2. The number of fused-ring (bicyclic) bond motifs is 1. The molecule has 0 fully saturated rings. The summed E-state index contributed by atoms with van der Waals surface area (Å²) in [5, 5.41) is 0.720. The van der Waals surface area contributed by atoms with Gasteiger partial charge in [-0.15, -0.1) is 0 Å². The second-order valence-electron chi connectivity index (χ2n) is 7.34. The molecule has 30 heavy (non-hydrogen) atoms. The maximum Gasteiger partial charge on any atom is 0.344 e. The van der Waals surface area contributed by atoms with Gasteiger partial charge in [0, 0.05) is 16.5 Å². The van der Waals surface area contributed by atoms with E-state index in [1.807, 2.05) is 36.4 Å². The first-order valence-corrected chi connectivity index (χ1v) is 9.73. The van der Waals surface area contributed by atoms with Crippen LogP contribution in [0.2, 0.25) is 0 Å². The molecule has 4 nitrogen and oxygen atoms in total. The van der Waals surface area contributed by atoms with Crippen LogP contribution in [0.15, 0.2) is 72.8 Å². The summed E-state index contributed by atoms with van der Waals surface area (Å²) in [6, 6.07) is 22.0. The molecule has 0 unspecified atom stereocenters. The lowest BCUT2D eigenvalue weighted by atomic mass is 10.0. The highest BCUT2D eigenvalue weighted by atomic mass is 16.5. The quantitative estimate of drug-likeness (QED) is 0.244. The highest BCUT2D eigenvalue weighted by Crippen LogP contribution is 2.27. The van der Waals surface area contributed by atoms with Gasteiger partial charge in [-0.05, 0) is 62.2 Å². The van der Waals surface area contributed by atoms with Crippen LogP contribution < -0.4 is 4.74 Å². The average Bonchev–Trinajstić information content (AvgIpc) is 2.75. The molecule has 148 valence electrons. The van der Waals surface area contributed by atoms with Crippen LogP contribution in [-0.4, -0.2) is 16.7 Å². The number of ketones is 1. The maximum atomic E-state index is 13.1. The smallest absolute Gasteiger partial charge is 0.344 e. The van der Waals surface area contributed by atoms with E-state index in [0.29, 0.717) is 22.6 Å². The van der Waals surface area contributed by atoms with Crippen molar-refractivity contribution in [1.82, 2.24) is 4.98 Å². The molecule has 0 radical (unpaired) electrons. The largest absolute Gasteiger partial charge is 0.423 e. The van der Waals surface area contributed by atoms with Gasteiger partial charge in [0.1, 0.15) is 5.75 Å². The first-order chi connectivity index (χ1) is 14.4. The fourth-order valence-electron chi connectivity index (χ4n) is 3.33. The molecule has 0 N–H and O–H groups in total. The molecular formula is C26H21NO3. The average molecular weight is 395 g/mol. The molecule has 0 atom stereocenters. The Kier molecular flexibility index (Phi) is 5.15. The van der Waals surface area contributed by atoms with E-state index in [0.717, 1.165) is 22.0 Å². The molecule has 4 heteroatoms. The number of nitrogens with zero attached hydrogens (tertiary/aromatic N) is 1. The standard InChI is InChI=1S/C26H21NO3/c1-16-11-12-20(13-17(16)2)25-15-23(22-9-4-5-10-24(22)27-25)26(29)30-21-8-6-7-19(14-21)18(3)28/h4-15H,1-3H3. The van der Waals surface area contributed by atoms with E-state index in [9.17, 15) is 9.59 Å². The summed E-state index contributed by atoms with van der Waals surface area (Å²) < 4.78 is 5.61. The Balaban J connectivity index is 1.79. The van der Waals surface area contributed by atoms with Crippen molar-refractivity contribution in [1.29, 1.82) is 0 Å². The summed E-state index contributed by atoms with van der Waals surface area (Å²) in [6.07, 6.45) is 0. The molecule has 1 heterocycles. The number of rotatable bonds is 4. The Morgan fingerprint density at radius 3 is 2.40 bits per heavy atom. The van der Waals surface area contributed by atoms with Crippen molar-refractivity contribution in [3.63, 3.8) is 0 Å². The number of ether oxygens (including phenoxy) is 1. The van der Waals surface area contributed by atoms with Gasteiger partial charge in [0.25, 0.3) is 0 Å². The normalized spacial score (nSPS) is 10.8. The number of benzene rings is 3. The van der Waals surface area contributed by atoms with Crippen LogP contribution in [0.3, 0.4) is 0 Å². The summed E-state index contributed by atoms with van der Waals surface area (Å²) in [7, 11) is 0. The van der Waals surface area contributed by atoms with Crippen LogP contribution in [0.25, 0.3) is 22.2 Å². The molecule has 0 amide bonds. The van der Waals surface area contributed by atoms with Gasteiger partial charge >= 0.3 is 5.97 Å². The topological polar surface area (TPSA) is 56.3 Å². The third kappa shape index (κ3) is 3.85. The third-order valence-electron chi connectivity index (χ3n) is 5.19. The van der Waals surface area contributed by atoms with E-state index in [1.165, 1.54) is 12.5 Å². The fourth-order valence-corrected chi connectivity index (χ4v) is 3.33. The molecule has 4 aromatic rings. The minimum atomic E-state index is -0.487. The molecule has 0 aliphatic rings. The Labute approximate surface area is 175 Å². The predicted octanol–water partition coefficient (Wildman–Crippen LogP) is 5.94. The lowest BCUT2D eigenvalue weighted by Gasteiger charge is -2.11. The van der Waals surface area contributed by atoms with Crippen molar-refractivity contribution in [2.75, 3.05) is 0 Å². The van der Waals surface area contributed by atoms with Crippen LogP contribution in [-0.2, 0) is 0 Å². The van der Waals surface area contributed by atoms with Crippen LogP contribution in [0.5, 0.6) is 5.75 Å². The lowest BCUT2D eigenvalue weighted by Crippen LogP contribution is -2.10. The first kappa shape index (κ1) is 19.5. The number of carbonyl (C=O) groups is 2. The van der Waals surface area contributed by atoms with E-state index in [1.54, 1.807) is 30.3 Å². The monoisotopic (exact) mass is 395 g/mol. The number of carbonyl (C=O) groups excluding carboxylic acids is 2. The molecule has 1 aromatic heterocycles. The predicted molar refractivity (Wildman–Crippen MR) is 118 cm³/mol. The minimum Gasteiger partial charge on any atom is -0.423 e. The van der Waals surface area contributed by atoms with E-state index in [4.69, 9.17) is 9.72 Å². The second kappa shape index (κ2) is 7.91. The SMILES string of the molecule is CC(=O)c1cccc(OC(=O)c2cc(-c3ccc(C)c(C)c3)nc3ccccc23)c1. The molecule has 0 spiro atoms. The van der Waals surface area contributed by atoms with Gasteiger partial charge in [-0.1, -0.05) is 42.5 Å². The van der Waals surface area contributed by atoms with Gasteiger partial charge in [0.2, 0.25) is 0 Å². The summed E-state index contributed by atoms with van der Waals surface area (Å²) in [5.74, 6) is -0.236. The second-order valence-corrected chi connectivity index (χ2v) is 7.34. The number of esters is 1. The van der Waals surface area contributed by atoms with Crippen molar-refractivity contribution in [3.8, 4) is 17.0 Å². The van der Waals surface area contributed by atoms with Crippen molar-refractivity contribution in [3.05, 3.63) is 95.1 Å². The molecule has 0 saturated carbocycles. The number of hydrogen-bond donors (Lipinski definition) is 0. The zero-order valence-corrected chi connectivity index (χ0v) is 17.1. The van der Waals surface area contributed by atoms with Crippen LogP contribution in [0, 0.1) is 13.8 Å². The fraction of sp³-hybridized carbons (Fsp3) is 0.115. The Morgan fingerprint density at radius 2 is 1.63 bits per heavy atom. The zero-order valence-electron chi connectivity index (χ0n) is 17.1. The van der Waals surface area contributed by atoms with Crippen molar-refractivity contribution in [2.24, 2.45) is 0 Å². The highest BCUT2D eigenvalue weighted by molar-refractivity contribution is 6.05. The molecule has 0 bridgehead atoms. The van der Waals surface area contributed by atoms with E-state index in [2.05, 4.69) is 19.9 Å². The van der Waals surface area contributed by atoms with Crippen LogP contribution >= 0.6 is 0 Å². The Morgan fingerprint density at radius 1 is 0.833 bits per heavy atom. The molecule has 3 aromatic carbocycles. The number of pyridine rings is 1. The van der Waals surface area contributed by atoms with E-state index in [-0.39, 0.29) is 5.78 Å². The Bertz CT molecular complexity index is 1290. The third-order valence-corrected chi connectivity index (χ3v) is 5.19. The molecule has 0 saturated heterocycles. The highest BCUT2D eigenvalue weighted by Gasteiger charge is 2.17. The van der Waals surface area contributed by atoms with Gasteiger partial charge in [0.05, 0.1) is 16.8 Å². The van der Waals surface area contributed by atoms with Crippen LogP contribution in [0.4, 0.5) is 0 Å². The summed E-state index contributed by atoms with van der Waals surface area (Å²) in [4.78, 5) is 29.5.